The van der Waals surface area contributed by atoms with Gasteiger partial charge in [-0.1, -0.05) is 6.07 Å². The maximum Gasteiger partial charge on any atom is 0.291 e. The predicted molar refractivity (Wildman–Crippen MR) is 78.6 cm³/mol. The smallest absolute Gasteiger partial charge is 0.291 e. The molecule has 1 aliphatic rings. The van der Waals surface area contributed by atoms with Crippen molar-refractivity contribution < 1.29 is 19.8 Å². The number of ether oxygens (including phenoxy) is 2. The van der Waals surface area contributed by atoms with Gasteiger partial charge < -0.3 is 26.1 Å². The molecule has 10 heteroatoms. The third-order valence-electron chi connectivity index (χ3n) is 2.55. The van der Waals surface area contributed by atoms with Crippen molar-refractivity contribution in [1.82, 2.24) is 0 Å². The summed E-state index contributed by atoms with van der Waals surface area (Å²) in [5.74, 6) is 1.56. The molecule has 1 heterocycles. The minimum atomic E-state index is -1.50. The monoisotopic (exact) mass is 311 g/mol. The SMILES string of the molecule is C/C(CCc1ccc2c(c1)OCO2)=N\N=C(N)N.O=[N+]([O-])O. The van der Waals surface area contributed by atoms with Crippen LogP contribution in [0.4, 0.5) is 0 Å². The van der Waals surface area contributed by atoms with E-state index in [1.165, 1.54) is 5.56 Å². The Labute approximate surface area is 126 Å². The van der Waals surface area contributed by atoms with E-state index < -0.39 is 5.09 Å². The summed E-state index contributed by atoms with van der Waals surface area (Å²) < 4.78 is 10.6. The number of hydrogen-bond acceptors (Lipinski definition) is 6. The largest absolute Gasteiger partial charge is 0.454 e. The van der Waals surface area contributed by atoms with Gasteiger partial charge in [-0.3, -0.25) is 0 Å². The minimum Gasteiger partial charge on any atom is -0.454 e. The fourth-order valence-electron chi connectivity index (χ4n) is 1.61. The van der Waals surface area contributed by atoms with Crippen molar-refractivity contribution in [3.05, 3.63) is 33.9 Å². The molecule has 120 valence electrons. The number of rotatable bonds is 4. The van der Waals surface area contributed by atoms with E-state index in [1.807, 2.05) is 25.1 Å². The molecule has 0 aliphatic carbocycles. The van der Waals surface area contributed by atoms with Crippen LogP contribution >= 0.6 is 0 Å². The molecule has 0 saturated carbocycles. The molecule has 0 spiro atoms. The van der Waals surface area contributed by atoms with E-state index in [9.17, 15) is 0 Å². The zero-order chi connectivity index (χ0) is 16.5. The van der Waals surface area contributed by atoms with Crippen LogP contribution in [-0.2, 0) is 6.42 Å². The summed E-state index contributed by atoms with van der Waals surface area (Å²) in [5.41, 5.74) is 12.4. The van der Waals surface area contributed by atoms with E-state index in [0.29, 0.717) is 6.79 Å². The zero-order valence-electron chi connectivity index (χ0n) is 11.9. The van der Waals surface area contributed by atoms with Crippen LogP contribution in [0.3, 0.4) is 0 Å². The first kappa shape index (κ1) is 17.0. The Morgan fingerprint density at radius 1 is 1.36 bits per heavy atom. The molecule has 0 bridgehead atoms. The lowest BCUT2D eigenvalue weighted by Crippen LogP contribution is -2.22. The lowest BCUT2D eigenvalue weighted by molar-refractivity contribution is -0.742. The Morgan fingerprint density at radius 2 is 2.00 bits per heavy atom. The van der Waals surface area contributed by atoms with Gasteiger partial charge in [-0.2, -0.15) is 5.10 Å². The quantitative estimate of drug-likeness (QED) is 0.318. The van der Waals surface area contributed by atoms with Gasteiger partial charge in [0, 0.05) is 5.71 Å². The normalized spacial score (nSPS) is 12.1. The highest BCUT2D eigenvalue weighted by molar-refractivity contribution is 5.83. The Morgan fingerprint density at radius 3 is 2.64 bits per heavy atom. The zero-order valence-corrected chi connectivity index (χ0v) is 11.9. The summed E-state index contributed by atoms with van der Waals surface area (Å²) >= 11 is 0. The highest BCUT2D eigenvalue weighted by Gasteiger charge is 2.12. The topological polar surface area (TPSA) is 159 Å². The molecular formula is C12H17N5O5. The predicted octanol–water partition coefficient (Wildman–Crippen LogP) is 0.650. The maximum atomic E-state index is 8.36. The second-order valence-corrected chi connectivity index (χ2v) is 4.29. The van der Waals surface area contributed by atoms with E-state index in [0.717, 1.165) is 30.1 Å². The number of guanidine groups is 1. The average Bonchev–Trinajstić information content (AvgIpc) is 2.89. The van der Waals surface area contributed by atoms with E-state index in [-0.39, 0.29) is 5.96 Å². The summed E-state index contributed by atoms with van der Waals surface area (Å²) in [4.78, 5) is 8.36. The molecule has 1 aromatic carbocycles. The number of benzene rings is 1. The van der Waals surface area contributed by atoms with Gasteiger partial charge in [-0.15, -0.1) is 15.2 Å². The van der Waals surface area contributed by atoms with Crippen molar-refractivity contribution in [1.29, 1.82) is 0 Å². The third kappa shape index (κ3) is 6.41. The molecule has 22 heavy (non-hydrogen) atoms. The van der Waals surface area contributed by atoms with E-state index in [4.69, 9.17) is 36.3 Å². The molecule has 0 unspecified atom stereocenters. The third-order valence-corrected chi connectivity index (χ3v) is 2.55. The summed E-state index contributed by atoms with van der Waals surface area (Å²) in [6, 6.07) is 5.91. The van der Waals surface area contributed by atoms with Crippen molar-refractivity contribution in [2.24, 2.45) is 21.7 Å². The summed E-state index contributed by atoms with van der Waals surface area (Å²) in [6.45, 7) is 2.18. The Kier molecular flexibility index (Phi) is 6.41. The van der Waals surface area contributed by atoms with Gasteiger partial charge in [-0.05, 0) is 37.5 Å². The molecule has 5 N–H and O–H groups in total. The first-order valence-electron chi connectivity index (χ1n) is 6.22. The summed E-state index contributed by atoms with van der Waals surface area (Å²) in [7, 11) is 0. The molecule has 1 aromatic rings. The van der Waals surface area contributed by atoms with Crippen LogP contribution in [0.2, 0.25) is 0 Å². The first-order chi connectivity index (χ1) is 10.4. The van der Waals surface area contributed by atoms with Crippen molar-refractivity contribution >= 4 is 11.7 Å². The number of fused-ring (bicyclic) bond motifs is 1. The van der Waals surface area contributed by atoms with Crippen LogP contribution in [0, 0.1) is 10.1 Å². The van der Waals surface area contributed by atoms with Crippen LogP contribution in [0.15, 0.2) is 28.4 Å². The highest BCUT2D eigenvalue weighted by Crippen LogP contribution is 2.32. The van der Waals surface area contributed by atoms with E-state index in [2.05, 4.69) is 10.2 Å². The van der Waals surface area contributed by atoms with Gasteiger partial charge in [0.05, 0.1) is 0 Å². The molecule has 0 aromatic heterocycles. The molecule has 2 rings (SSSR count). The van der Waals surface area contributed by atoms with Gasteiger partial charge >= 0.3 is 0 Å². The lowest BCUT2D eigenvalue weighted by Gasteiger charge is -2.02. The second-order valence-electron chi connectivity index (χ2n) is 4.29. The van der Waals surface area contributed by atoms with Crippen molar-refractivity contribution in [2.45, 2.75) is 19.8 Å². The highest BCUT2D eigenvalue weighted by atomic mass is 16.9. The Hall–Kier alpha value is -3.04. The Bertz CT molecular complexity index is 579. The lowest BCUT2D eigenvalue weighted by atomic mass is 10.1. The van der Waals surface area contributed by atoms with E-state index in [1.54, 1.807) is 0 Å². The Balaban J connectivity index is 0.000000541. The first-order valence-corrected chi connectivity index (χ1v) is 6.22. The number of nitrogens with two attached hydrogens (primary N) is 2. The fraction of sp³-hybridized carbons (Fsp3) is 0.333. The average molecular weight is 311 g/mol. The summed E-state index contributed by atoms with van der Waals surface area (Å²) in [5, 5.41) is 21.2. The molecule has 0 saturated heterocycles. The molecule has 0 radical (unpaired) electrons. The second kappa shape index (κ2) is 8.29. The summed E-state index contributed by atoms with van der Waals surface area (Å²) in [6.07, 6.45) is 1.64. The van der Waals surface area contributed by atoms with Crippen molar-refractivity contribution in [3.63, 3.8) is 0 Å². The number of hydrogen-bond donors (Lipinski definition) is 3. The molecule has 0 fully saturated rings. The van der Waals surface area contributed by atoms with Crippen molar-refractivity contribution in [3.8, 4) is 11.5 Å². The van der Waals surface area contributed by atoms with Gasteiger partial charge in [0.1, 0.15) is 0 Å². The van der Waals surface area contributed by atoms with Crippen LogP contribution in [0.5, 0.6) is 11.5 Å². The molecule has 1 aliphatic heterocycles. The van der Waals surface area contributed by atoms with Gasteiger partial charge in [0.2, 0.25) is 12.8 Å². The standard InChI is InChI=1S/C12H16N4O2.HNO3/c1-8(15-16-12(13)14)2-3-9-4-5-10-11(6-9)18-7-17-10;2-1(3)4/h4-6H,2-3,7H2,1H3,(H4,13,14,16);(H,2,3,4)/b15-8+;. The van der Waals surface area contributed by atoms with Gasteiger partial charge in [0.25, 0.3) is 5.09 Å². The molecule has 0 atom stereocenters. The van der Waals surface area contributed by atoms with Gasteiger partial charge in [0.15, 0.2) is 11.5 Å². The van der Waals surface area contributed by atoms with Crippen molar-refractivity contribution in [2.75, 3.05) is 6.79 Å². The van der Waals surface area contributed by atoms with Crippen LogP contribution in [0.1, 0.15) is 18.9 Å². The molecular weight excluding hydrogens is 294 g/mol. The number of nitrogens with zero attached hydrogens (tertiary/aromatic N) is 3. The maximum absolute atomic E-state index is 8.36. The molecule has 10 nitrogen and oxygen atoms in total. The van der Waals surface area contributed by atoms with Crippen LogP contribution < -0.4 is 20.9 Å². The van der Waals surface area contributed by atoms with Crippen LogP contribution in [-0.4, -0.2) is 28.8 Å². The number of aryl methyl sites for hydroxylation is 1. The van der Waals surface area contributed by atoms with E-state index >= 15 is 0 Å². The minimum absolute atomic E-state index is 0.0302. The van der Waals surface area contributed by atoms with Gasteiger partial charge in [-0.25, -0.2) is 0 Å². The molecule has 0 amide bonds. The van der Waals surface area contributed by atoms with Crippen LogP contribution in [0.25, 0.3) is 0 Å². The fourth-order valence-corrected chi connectivity index (χ4v) is 1.61.